The molecular weight excluding hydrogens is 244 g/mol. The van der Waals surface area contributed by atoms with Gasteiger partial charge in [0.25, 0.3) is 0 Å². The first-order valence-corrected chi connectivity index (χ1v) is 7.85. The Morgan fingerprint density at radius 2 is 2.15 bits per heavy atom. The second kappa shape index (κ2) is 8.79. The summed E-state index contributed by atoms with van der Waals surface area (Å²) in [4.78, 5) is 2.50. The second-order valence-corrected chi connectivity index (χ2v) is 5.62. The smallest absolute Gasteiger partial charge is 0.0605 e. The minimum Gasteiger partial charge on any atom is -0.316 e. The van der Waals surface area contributed by atoms with Gasteiger partial charge in [-0.3, -0.25) is 4.90 Å². The monoisotopic (exact) mass is 270 g/mol. The molecule has 1 aliphatic heterocycles. The van der Waals surface area contributed by atoms with Gasteiger partial charge in [0.05, 0.1) is 6.54 Å². The molecule has 2 rings (SSSR count). The number of likely N-dealkylation sites (tertiary alicyclic amines) is 1. The van der Waals surface area contributed by atoms with Gasteiger partial charge in [0.2, 0.25) is 0 Å². The third kappa shape index (κ3) is 5.36. The van der Waals surface area contributed by atoms with Crippen molar-refractivity contribution in [2.75, 3.05) is 32.7 Å². The summed E-state index contributed by atoms with van der Waals surface area (Å²) >= 11 is 0. The molecule has 0 aliphatic carbocycles. The molecule has 1 aliphatic rings. The molecule has 2 nitrogen and oxygen atoms in total. The maximum atomic E-state index is 3.54. The van der Waals surface area contributed by atoms with E-state index < -0.39 is 0 Å². The summed E-state index contributed by atoms with van der Waals surface area (Å²) in [5.74, 6) is 7.37. The van der Waals surface area contributed by atoms with E-state index >= 15 is 0 Å². The highest BCUT2D eigenvalue weighted by atomic mass is 15.1. The summed E-state index contributed by atoms with van der Waals surface area (Å²) in [5, 5.41) is 3.54. The van der Waals surface area contributed by atoms with Crippen LogP contribution in [0, 0.1) is 17.8 Å². The van der Waals surface area contributed by atoms with Gasteiger partial charge in [-0.15, -0.1) is 0 Å². The maximum Gasteiger partial charge on any atom is 0.0605 e. The largest absolute Gasteiger partial charge is 0.316 e. The molecule has 1 aromatic carbocycles. The molecule has 0 saturated carbocycles. The molecule has 1 fully saturated rings. The van der Waals surface area contributed by atoms with Crippen molar-refractivity contribution < 1.29 is 0 Å². The molecule has 0 aromatic heterocycles. The van der Waals surface area contributed by atoms with Crippen molar-refractivity contribution in [2.24, 2.45) is 5.92 Å². The van der Waals surface area contributed by atoms with E-state index in [0.717, 1.165) is 31.1 Å². The molecule has 0 radical (unpaired) electrons. The molecule has 1 N–H and O–H groups in total. The molecule has 0 amide bonds. The van der Waals surface area contributed by atoms with Crippen molar-refractivity contribution in [1.29, 1.82) is 0 Å². The summed E-state index contributed by atoms with van der Waals surface area (Å²) in [6.45, 7) is 7.83. The van der Waals surface area contributed by atoms with E-state index in [1.54, 1.807) is 0 Å². The number of piperidine rings is 1. The van der Waals surface area contributed by atoms with Crippen LogP contribution in [0.2, 0.25) is 0 Å². The quantitative estimate of drug-likeness (QED) is 0.654. The first kappa shape index (κ1) is 15.1. The van der Waals surface area contributed by atoms with Crippen molar-refractivity contribution in [3.8, 4) is 11.8 Å². The predicted molar refractivity (Wildman–Crippen MR) is 85.6 cm³/mol. The normalized spacial score (nSPS) is 19.4. The van der Waals surface area contributed by atoms with E-state index in [9.17, 15) is 0 Å². The van der Waals surface area contributed by atoms with Gasteiger partial charge < -0.3 is 5.32 Å². The Labute approximate surface area is 123 Å². The van der Waals surface area contributed by atoms with Gasteiger partial charge in [-0.25, -0.2) is 0 Å². The number of nitrogens with zero attached hydrogens (tertiary/aromatic N) is 1. The SMILES string of the molecule is CCCNCC1CCCN(CC#Cc2ccccc2)C1. The van der Waals surface area contributed by atoms with E-state index in [4.69, 9.17) is 0 Å². The highest BCUT2D eigenvalue weighted by Gasteiger charge is 2.18. The molecule has 2 heteroatoms. The lowest BCUT2D eigenvalue weighted by Gasteiger charge is -2.31. The van der Waals surface area contributed by atoms with Gasteiger partial charge in [-0.1, -0.05) is 37.0 Å². The molecule has 1 atom stereocenters. The Morgan fingerprint density at radius 3 is 2.95 bits per heavy atom. The van der Waals surface area contributed by atoms with Crippen LogP contribution < -0.4 is 5.32 Å². The van der Waals surface area contributed by atoms with E-state index in [-0.39, 0.29) is 0 Å². The molecule has 1 aromatic rings. The van der Waals surface area contributed by atoms with Gasteiger partial charge in [0, 0.05) is 12.1 Å². The fraction of sp³-hybridized carbons (Fsp3) is 0.556. The lowest BCUT2D eigenvalue weighted by atomic mass is 9.98. The van der Waals surface area contributed by atoms with Crippen LogP contribution in [0.25, 0.3) is 0 Å². The standard InChI is InChI=1S/C18H26N2/c1-2-12-19-15-18-11-7-14-20(16-18)13-6-10-17-8-4-3-5-9-17/h3-5,8-9,18-19H,2,7,11-16H2,1H3. The van der Waals surface area contributed by atoms with Crippen LogP contribution in [0.1, 0.15) is 31.7 Å². The van der Waals surface area contributed by atoms with Crippen molar-refractivity contribution >= 4 is 0 Å². The van der Waals surface area contributed by atoms with Crippen molar-refractivity contribution in [1.82, 2.24) is 10.2 Å². The van der Waals surface area contributed by atoms with Crippen LogP contribution in [0.15, 0.2) is 30.3 Å². The highest BCUT2D eigenvalue weighted by molar-refractivity contribution is 5.33. The van der Waals surface area contributed by atoms with Crippen LogP contribution in [0.3, 0.4) is 0 Å². The van der Waals surface area contributed by atoms with Crippen molar-refractivity contribution in [3.05, 3.63) is 35.9 Å². The van der Waals surface area contributed by atoms with E-state index in [2.05, 4.69) is 41.1 Å². The zero-order valence-electron chi connectivity index (χ0n) is 12.6. The van der Waals surface area contributed by atoms with E-state index in [0.29, 0.717) is 0 Å². The van der Waals surface area contributed by atoms with Gasteiger partial charge in [0.15, 0.2) is 0 Å². The molecular formula is C18H26N2. The average molecular weight is 270 g/mol. The van der Waals surface area contributed by atoms with E-state index in [1.165, 1.54) is 32.4 Å². The predicted octanol–water partition coefficient (Wildman–Crippen LogP) is 2.75. The summed E-state index contributed by atoms with van der Waals surface area (Å²) in [6.07, 6.45) is 3.89. The molecule has 0 bridgehead atoms. The highest BCUT2D eigenvalue weighted by Crippen LogP contribution is 2.15. The second-order valence-electron chi connectivity index (χ2n) is 5.62. The fourth-order valence-electron chi connectivity index (χ4n) is 2.72. The Morgan fingerprint density at radius 1 is 1.30 bits per heavy atom. The third-order valence-electron chi connectivity index (χ3n) is 3.77. The molecule has 1 unspecified atom stereocenters. The molecule has 1 heterocycles. The lowest BCUT2D eigenvalue weighted by Crippen LogP contribution is -2.39. The van der Waals surface area contributed by atoms with Crippen LogP contribution in [0.4, 0.5) is 0 Å². The third-order valence-corrected chi connectivity index (χ3v) is 3.77. The average Bonchev–Trinajstić information content (AvgIpc) is 2.49. The molecule has 0 spiro atoms. The van der Waals surface area contributed by atoms with Crippen LogP contribution >= 0.6 is 0 Å². The minimum atomic E-state index is 0.800. The first-order chi connectivity index (χ1) is 9.88. The summed E-state index contributed by atoms with van der Waals surface area (Å²) < 4.78 is 0. The lowest BCUT2D eigenvalue weighted by molar-refractivity contribution is 0.191. The van der Waals surface area contributed by atoms with Crippen LogP contribution in [-0.2, 0) is 0 Å². The van der Waals surface area contributed by atoms with Crippen LogP contribution in [-0.4, -0.2) is 37.6 Å². The maximum absolute atomic E-state index is 3.54. The van der Waals surface area contributed by atoms with Gasteiger partial charge in [-0.2, -0.15) is 0 Å². The molecule has 20 heavy (non-hydrogen) atoms. The number of nitrogens with one attached hydrogen (secondary N) is 1. The Kier molecular flexibility index (Phi) is 6.63. The summed E-state index contributed by atoms with van der Waals surface area (Å²) in [6, 6.07) is 10.3. The van der Waals surface area contributed by atoms with Crippen molar-refractivity contribution in [3.63, 3.8) is 0 Å². The number of benzene rings is 1. The number of rotatable bonds is 5. The topological polar surface area (TPSA) is 15.3 Å². The summed E-state index contributed by atoms with van der Waals surface area (Å²) in [7, 11) is 0. The Hall–Kier alpha value is -1.30. The van der Waals surface area contributed by atoms with E-state index in [1.807, 2.05) is 18.2 Å². The molecule has 108 valence electrons. The number of hydrogen-bond donors (Lipinski definition) is 1. The Bertz CT molecular complexity index is 430. The van der Waals surface area contributed by atoms with Gasteiger partial charge in [0.1, 0.15) is 0 Å². The van der Waals surface area contributed by atoms with Gasteiger partial charge in [-0.05, 0) is 56.9 Å². The zero-order chi connectivity index (χ0) is 14.0. The zero-order valence-corrected chi connectivity index (χ0v) is 12.6. The number of hydrogen-bond acceptors (Lipinski definition) is 2. The molecule has 1 saturated heterocycles. The fourth-order valence-corrected chi connectivity index (χ4v) is 2.72. The van der Waals surface area contributed by atoms with Crippen LogP contribution in [0.5, 0.6) is 0 Å². The first-order valence-electron chi connectivity index (χ1n) is 7.85. The van der Waals surface area contributed by atoms with Gasteiger partial charge >= 0.3 is 0 Å². The minimum absolute atomic E-state index is 0.800. The van der Waals surface area contributed by atoms with Crippen molar-refractivity contribution in [2.45, 2.75) is 26.2 Å². The summed E-state index contributed by atoms with van der Waals surface area (Å²) in [5.41, 5.74) is 1.12. The Balaban J connectivity index is 1.74.